The number of aliphatic hydroxyl groups is 2. The third kappa shape index (κ3) is 38.3. The van der Waals surface area contributed by atoms with E-state index in [4.69, 9.17) is 19.1 Å². The molecule has 11 heteroatoms. The van der Waals surface area contributed by atoms with Crippen LogP contribution in [-0.2, 0) is 32.7 Å². The minimum atomic E-state index is -4.62. The molecule has 3 N–H and O–H groups in total. The van der Waals surface area contributed by atoms with E-state index in [0.717, 1.165) is 44.9 Å². The molecule has 0 aliphatic heterocycles. The zero-order valence-electron chi connectivity index (χ0n) is 33.5. The van der Waals surface area contributed by atoms with Crippen LogP contribution in [0.25, 0.3) is 0 Å². The smallest absolute Gasteiger partial charge is 0.462 e. The minimum absolute atomic E-state index is 0.175. The second-order valence-corrected chi connectivity index (χ2v) is 15.5. The van der Waals surface area contributed by atoms with Gasteiger partial charge in [-0.2, -0.15) is 0 Å². The van der Waals surface area contributed by atoms with Crippen LogP contribution in [0.4, 0.5) is 0 Å². The SMILES string of the molecule is CCCC/C=C/CCCCCCCCCCCC(=O)O[C@H](COC(=O)CCCC/C=C/C/C=C/CCCCCCCC)COP(=O)(O)OC[C@@H](O)CO. The summed E-state index contributed by atoms with van der Waals surface area (Å²) in [5, 5.41) is 18.3. The van der Waals surface area contributed by atoms with Gasteiger partial charge in [0, 0.05) is 12.8 Å². The number of esters is 2. The highest BCUT2D eigenvalue weighted by molar-refractivity contribution is 7.47. The second-order valence-electron chi connectivity index (χ2n) is 14.0. The van der Waals surface area contributed by atoms with Gasteiger partial charge in [0.15, 0.2) is 6.10 Å². The van der Waals surface area contributed by atoms with Gasteiger partial charge in [-0.1, -0.05) is 140 Å². The van der Waals surface area contributed by atoms with Crippen LogP contribution in [0.2, 0.25) is 0 Å². The van der Waals surface area contributed by atoms with Crippen molar-refractivity contribution in [1.29, 1.82) is 0 Å². The molecule has 10 nitrogen and oxygen atoms in total. The number of carbonyl (C=O) groups is 2. The number of hydrogen-bond donors (Lipinski definition) is 3. The lowest BCUT2D eigenvalue weighted by molar-refractivity contribution is -0.161. The molecule has 0 spiro atoms. The summed E-state index contributed by atoms with van der Waals surface area (Å²) in [4.78, 5) is 34.9. The topological polar surface area (TPSA) is 149 Å². The lowest BCUT2D eigenvalue weighted by Gasteiger charge is -2.20. The number of phosphoric acid groups is 1. The van der Waals surface area contributed by atoms with Crippen LogP contribution >= 0.6 is 7.82 Å². The Kier molecular flexibility index (Phi) is 37.2. The van der Waals surface area contributed by atoms with E-state index in [1.165, 1.54) is 96.3 Å². The Labute approximate surface area is 322 Å². The van der Waals surface area contributed by atoms with Crippen molar-refractivity contribution in [2.45, 2.75) is 193 Å². The molecule has 0 heterocycles. The lowest BCUT2D eigenvalue weighted by atomic mass is 10.1. The number of rotatable bonds is 39. The third-order valence-electron chi connectivity index (χ3n) is 8.77. The number of phosphoric ester groups is 1. The monoisotopic (exact) mass is 773 g/mol. The molecule has 0 aromatic carbocycles. The summed E-state index contributed by atoms with van der Waals surface area (Å²) in [5.74, 6) is -0.965. The van der Waals surface area contributed by atoms with Gasteiger partial charge in [0.2, 0.25) is 0 Å². The van der Waals surface area contributed by atoms with Crippen LogP contribution in [0, 0.1) is 0 Å². The van der Waals surface area contributed by atoms with E-state index in [0.29, 0.717) is 12.8 Å². The molecule has 0 rings (SSSR count). The van der Waals surface area contributed by atoms with E-state index in [1.54, 1.807) is 0 Å². The van der Waals surface area contributed by atoms with Gasteiger partial charge in [-0.3, -0.25) is 18.6 Å². The molecule has 310 valence electrons. The molecule has 0 aromatic heterocycles. The molecule has 0 aliphatic carbocycles. The Morgan fingerprint density at radius 1 is 0.566 bits per heavy atom. The fraction of sp³-hybridized carbons (Fsp3) is 0.810. The fourth-order valence-corrected chi connectivity index (χ4v) is 6.26. The van der Waals surface area contributed by atoms with Crippen LogP contribution in [0.3, 0.4) is 0 Å². The van der Waals surface area contributed by atoms with Crippen LogP contribution in [0.5, 0.6) is 0 Å². The van der Waals surface area contributed by atoms with E-state index < -0.39 is 51.8 Å². The first-order chi connectivity index (χ1) is 25.7. The number of ether oxygens (including phenoxy) is 2. The van der Waals surface area contributed by atoms with Crippen molar-refractivity contribution in [3.63, 3.8) is 0 Å². The first-order valence-corrected chi connectivity index (χ1v) is 22.4. The second kappa shape index (κ2) is 38.5. The molecule has 0 aliphatic rings. The number of hydrogen-bond acceptors (Lipinski definition) is 9. The first-order valence-electron chi connectivity index (χ1n) is 20.9. The molecule has 0 aromatic rings. The summed E-state index contributed by atoms with van der Waals surface area (Å²) < 4.78 is 32.6. The number of allylic oxidation sites excluding steroid dienone is 6. The molecule has 1 unspecified atom stereocenters. The molecule has 0 bridgehead atoms. The van der Waals surface area contributed by atoms with Crippen molar-refractivity contribution in [1.82, 2.24) is 0 Å². The van der Waals surface area contributed by atoms with E-state index in [1.807, 2.05) is 0 Å². The van der Waals surface area contributed by atoms with E-state index in [2.05, 4.69) is 54.8 Å². The maximum absolute atomic E-state index is 12.6. The van der Waals surface area contributed by atoms with Gasteiger partial charge in [-0.25, -0.2) is 4.57 Å². The van der Waals surface area contributed by atoms with Gasteiger partial charge in [0.25, 0.3) is 0 Å². The molecule has 53 heavy (non-hydrogen) atoms. The zero-order valence-corrected chi connectivity index (χ0v) is 34.4. The maximum atomic E-state index is 12.6. The van der Waals surface area contributed by atoms with Crippen molar-refractivity contribution in [3.8, 4) is 0 Å². The summed E-state index contributed by atoms with van der Waals surface area (Å²) in [6.45, 7) is 2.30. The summed E-state index contributed by atoms with van der Waals surface area (Å²) >= 11 is 0. The molecule has 3 atom stereocenters. The van der Waals surface area contributed by atoms with E-state index >= 15 is 0 Å². The molecule has 0 radical (unpaired) electrons. The van der Waals surface area contributed by atoms with Crippen molar-refractivity contribution >= 4 is 19.8 Å². The van der Waals surface area contributed by atoms with Crippen LogP contribution in [0.1, 0.15) is 181 Å². The molecule has 0 saturated carbocycles. The first kappa shape index (κ1) is 51.2. The summed E-state index contributed by atoms with van der Waals surface area (Å²) in [6, 6.07) is 0. The predicted molar refractivity (Wildman–Crippen MR) is 214 cm³/mol. The van der Waals surface area contributed by atoms with Crippen LogP contribution < -0.4 is 0 Å². The summed E-state index contributed by atoms with van der Waals surface area (Å²) in [7, 11) is -4.62. The maximum Gasteiger partial charge on any atom is 0.472 e. The molecule has 0 fully saturated rings. The average molecular weight is 773 g/mol. The molecular weight excluding hydrogens is 695 g/mol. The Morgan fingerprint density at radius 3 is 1.57 bits per heavy atom. The lowest BCUT2D eigenvalue weighted by Crippen LogP contribution is -2.29. The summed E-state index contributed by atoms with van der Waals surface area (Å²) in [6.07, 6.45) is 38.2. The number of aliphatic hydroxyl groups excluding tert-OH is 2. The Hall–Kier alpha value is -1.81. The van der Waals surface area contributed by atoms with Crippen molar-refractivity contribution in [2.24, 2.45) is 0 Å². The Bertz CT molecular complexity index is 983. The van der Waals surface area contributed by atoms with Crippen molar-refractivity contribution in [3.05, 3.63) is 36.5 Å². The van der Waals surface area contributed by atoms with Gasteiger partial charge < -0.3 is 24.6 Å². The highest BCUT2D eigenvalue weighted by Crippen LogP contribution is 2.43. The minimum Gasteiger partial charge on any atom is -0.462 e. The summed E-state index contributed by atoms with van der Waals surface area (Å²) in [5.41, 5.74) is 0. The van der Waals surface area contributed by atoms with Crippen molar-refractivity contribution in [2.75, 3.05) is 26.4 Å². The van der Waals surface area contributed by atoms with E-state index in [-0.39, 0.29) is 19.4 Å². The Balaban J connectivity index is 4.37. The van der Waals surface area contributed by atoms with Gasteiger partial charge >= 0.3 is 19.8 Å². The standard InChI is InChI=1S/C42H77O10P/c1-3-5-7-9-11-13-15-17-19-21-23-25-27-29-31-33-41(45)49-37-40(38-51-53(47,48)50-36-39(44)35-43)52-42(46)34-32-30-28-26-24-22-20-18-16-14-12-10-8-6-4-2/h10,12,17,19,23,25,39-40,43-44H,3-9,11,13-16,18,20-22,24,26-38H2,1-2H3,(H,47,48)/b12-10+,19-17+,25-23+/t39-,40+/m0/s1. The quantitative estimate of drug-likeness (QED) is 0.0238. The van der Waals surface area contributed by atoms with Crippen LogP contribution in [-0.4, -0.2) is 65.7 Å². The predicted octanol–water partition coefficient (Wildman–Crippen LogP) is 10.8. The highest BCUT2D eigenvalue weighted by atomic mass is 31.2. The van der Waals surface area contributed by atoms with Gasteiger partial charge in [-0.05, 0) is 64.2 Å². The Morgan fingerprint density at radius 2 is 1.00 bits per heavy atom. The number of unbranched alkanes of at least 4 members (excludes halogenated alkanes) is 19. The van der Waals surface area contributed by atoms with Gasteiger partial charge in [-0.15, -0.1) is 0 Å². The normalized spacial score (nSPS) is 14.3. The molecular formula is C42H77O10P. The van der Waals surface area contributed by atoms with E-state index in [9.17, 15) is 24.2 Å². The largest absolute Gasteiger partial charge is 0.472 e. The van der Waals surface area contributed by atoms with Gasteiger partial charge in [0.05, 0.1) is 19.8 Å². The molecule has 0 amide bonds. The zero-order chi connectivity index (χ0) is 39.1. The average Bonchev–Trinajstić information content (AvgIpc) is 3.14. The highest BCUT2D eigenvalue weighted by Gasteiger charge is 2.27. The van der Waals surface area contributed by atoms with Gasteiger partial charge in [0.1, 0.15) is 12.7 Å². The van der Waals surface area contributed by atoms with Crippen LogP contribution in [0.15, 0.2) is 36.5 Å². The third-order valence-corrected chi connectivity index (χ3v) is 9.72. The molecule has 0 saturated heterocycles. The van der Waals surface area contributed by atoms with Crippen molar-refractivity contribution < 1.29 is 47.8 Å². The number of carbonyl (C=O) groups excluding carboxylic acids is 2. The fourth-order valence-electron chi connectivity index (χ4n) is 5.47.